The fraction of sp³-hybridized carbons (Fsp3) is 0. The summed E-state index contributed by atoms with van der Waals surface area (Å²) in [5, 5.41) is 12.0. The summed E-state index contributed by atoms with van der Waals surface area (Å²) < 4.78 is 2.41. The number of nitrogens with zero attached hydrogens (tertiary/aromatic N) is 4. The minimum atomic E-state index is 0.628. The summed E-state index contributed by atoms with van der Waals surface area (Å²) in [7, 11) is 0. The molecule has 0 spiro atoms. The summed E-state index contributed by atoms with van der Waals surface area (Å²) in [6.45, 7) is 4.05. The van der Waals surface area contributed by atoms with Crippen LogP contribution < -0.4 is 0 Å². The minimum absolute atomic E-state index is 0.628. The van der Waals surface area contributed by atoms with Crippen LogP contribution >= 0.6 is 0 Å². The van der Waals surface area contributed by atoms with Crippen molar-refractivity contribution in [3.05, 3.63) is 212 Å². The summed E-state index contributed by atoms with van der Waals surface area (Å²) in [5.41, 5.74) is 9.54. The van der Waals surface area contributed by atoms with Gasteiger partial charge in [0.15, 0.2) is 17.5 Å². The van der Waals surface area contributed by atoms with Gasteiger partial charge in [0.2, 0.25) is 0 Å². The Labute approximate surface area is 352 Å². The Morgan fingerprint density at radius 3 is 1.66 bits per heavy atom. The van der Waals surface area contributed by atoms with Crippen LogP contribution in [0.1, 0.15) is 5.56 Å². The topological polar surface area (TPSA) is 43.6 Å². The molecular weight excluding hydrogens is 741 g/mol. The van der Waals surface area contributed by atoms with Gasteiger partial charge in [-0.25, -0.2) is 15.0 Å². The van der Waals surface area contributed by atoms with Crippen LogP contribution in [0.5, 0.6) is 0 Å². The first-order valence-electron chi connectivity index (χ1n) is 20.6. The van der Waals surface area contributed by atoms with E-state index in [9.17, 15) is 0 Å². The van der Waals surface area contributed by atoms with Gasteiger partial charge in [-0.3, -0.25) is 0 Å². The van der Waals surface area contributed by atoms with Crippen molar-refractivity contribution in [2.75, 3.05) is 0 Å². The van der Waals surface area contributed by atoms with Crippen LogP contribution in [-0.2, 0) is 0 Å². The zero-order chi connectivity index (χ0) is 40.4. The Hall–Kier alpha value is -8.21. The van der Waals surface area contributed by atoms with Crippen LogP contribution in [0.15, 0.2) is 207 Å². The highest BCUT2D eigenvalue weighted by atomic mass is 15.0. The van der Waals surface area contributed by atoms with E-state index in [4.69, 9.17) is 15.0 Å². The van der Waals surface area contributed by atoms with Crippen LogP contribution in [0, 0.1) is 0 Å². The smallest absolute Gasteiger partial charge is 0.164 e. The Balaban J connectivity index is 1.17. The van der Waals surface area contributed by atoms with Crippen LogP contribution in [-0.4, -0.2) is 19.5 Å². The summed E-state index contributed by atoms with van der Waals surface area (Å²) in [6.07, 6.45) is 1.92. The van der Waals surface area contributed by atoms with E-state index in [0.29, 0.717) is 17.5 Å². The first-order chi connectivity index (χ1) is 30.2. The lowest BCUT2D eigenvalue weighted by Gasteiger charge is -2.14. The predicted molar refractivity (Wildman–Crippen MR) is 256 cm³/mol. The molecule has 0 aliphatic heterocycles. The second-order valence-electron chi connectivity index (χ2n) is 15.6. The first kappa shape index (κ1) is 34.8. The molecule has 0 saturated carbocycles. The number of benzene rings is 10. The van der Waals surface area contributed by atoms with Gasteiger partial charge in [-0.05, 0) is 96.2 Å². The Kier molecular flexibility index (Phi) is 7.97. The molecule has 0 unspecified atom stereocenters. The van der Waals surface area contributed by atoms with E-state index in [1.165, 1.54) is 48.7 Å². The molecule has 12 rings (SSSR count). The number of fused-ring (bicyclic) bond motifs is 10. The third kappa shape index (κ3) is 5.65. The van der Waals surface area contributed by atoms with Crippen LogP contribution in [0.25, 0.3) is 122 Å². The van der Waals surface area contributed by atoms with Crippen molar-refractivity contribution in [2.24, 2.45) is 0 Å². The van der Waals surface area contributed by atoms with Crippen LogP contribution in [0.2, 0.25) is 0 Å². The van der Waals surface area contributed by atoms with Gasteiger partial charge in [-0.1, -0.05) is 176 Å². The van der Waals surface area contributed by atoms with Crippen molar-refractivity contribution in [2.45, 2.75) is 0 Å². The third-order valence-corrected chi connectivity index (χ3v) is 12.2. The molecule has 0 N–H and O–H groups in total. The van der Waals surface area contributed by atoms with Crippen LogP contribution in [0.4, 0.5) is 0 Å². The largest absolute Gasteiger partial charge is 0.309 e. The molecule has 0 bridgehead atoms. The van der Waals surface area contributed by atoms with Crippen molar-refractivity contribution in [3.8, 4) is 51.0 Å². The summed E-state index contributed by atoms with van der Waals surface area (Å²) in [5.74, 6) is 1.90. The van der Waals surface area contributed by atoms with Gasteiger partial charge in [0.25, 0.3) is 0 Å². The lowest BCUT2D eigenvalue weighted by molar-refractivity contribution is 1.08. The molecule has 0 fully saturated rings. The molecule has 4 nitrogen and oxygen atoms in total. The van der Waals surface area contributed by atoms with E-state index in [1.54, 1.807) is 0 Å². The second kappa shape index (κ2) is 14.0. The summed E-state index contributed by atoms with van der Waals surface area (Å²) in [6, 6.07) is 71.3. The minimum Gasteiger partial charge on any atom is -0.309 e. The van der Waals surface area contributed by atoms with E-state index in [0.717, 1.165) is 55.3 Å². The standard InChI is InChI=1S/C57H36N4/c1-2-36-27-30-46-47-31-29-41(35-50(47)45-23-12-11-22-44(45)49(46)33-36)61-52-32-28-40(43-24-13-20-37-15-9-10-21-42(37)43)34-51(52)54-48(25-14-26-53(54)61)57-59-55(38-16-5-3-6-17-38)58-56(60-57)39-18-7-4-8-19-39/h2-35H,1H2. The molecule has 61 heavy (non-hydrogen) atoms. The average Bonchev–Trinajstić information content (AvgIpc) is 3.68. The molecule has 0 saturated heterocycles. The van der Waals surface area contributed by atoms with Gasteiger partial charge < -0.3 is 4.57 Å². The van der Waals surface area contributed by atoms with Crippen molar-refractivity contribution >= 4 is 71.0 Å². The molecule has 4 heteroatoms. The van der Waals surface area contributed by atoms with Gasteiger partial charge in [0.1, 0.15) is 0 Å². The number of hydrogen-bond donors (Lipinski definition) is 0. The molecule has 0 atom stereocenters. The predicted octanol–water partition coefficient (Wildman–Crippen LogP) is 14.9. The second-order valence-corrected chi connectivity index (χ2v) is 15.6. The fourth-order valence-corrected chi connectivity index (χ4v) is 9.34. The normalized spacial score (nSPS) is 11.7. The lowest BCUT2D eigenvalue weighted by Crippen LogP contribution is -2.00. The molecule has 0 aliphatic rings. The van der Waals surface area contributed by atoms with Crippen molar-refractivity contribution in [3.63, 3.8) is 0 Å². The summed E-state index contributed by atoms with van der Waals surface area (Å²) >= 11 is 0. The Bertz CT molecular complexity index is 3630. The van der Waals surface area contributed by atoms with Crippen molar-refractivity contribution in [1.29, 1.82) is 0 Å². The highest BCUT2D eigenvalue weighted by Crippen LogP contribution is 2.43. The van der Waals surface area contributed by atoms with E-state index in [-0.39, 0.29) is 0 Å². The van der Waals surface area contributed by atoms with E-state index < -0.39 is 0 Å². The molecular formula is C57H36N4. The zero-order valence-electron chi connectivity index (χ0n) is 33.1. The number of rotatable bonds is 6. The molecule has 0 radical (unpaired) electrons. The van der Waals surface area contributed by atoms with Gasteiger partial charge in [-0.2, -0.15) is 0 Å². The highest BCUT2D eigenvalue weighted by molar-refractivity contribution is 6.26. The maximum atomic E-state index is 5.24. The third-order valence-electron chi connectivity index (χ3n) is 12.2. The van der Waals surface area contributed by atoms with Gasteiger partial charge >= 0.3 is 0 Å². The number of hydrogen-bond acceptors (Lipinski definition) is 3. The first-order valence-corrected chi connectivity index (χ1v) is 20.6. The summed E-state index contributed by atoms with van der Waals surface area (Å²) in [4.78, 5) is 15.5. The molecule has 10 aromatic carbocycles. The van der Waals surface area contributed by atoms with Crippen LogP contribution in [0.3, 0.4) is 0 Å². The quantitative estimate of drug-likeness (QED) is 0.158. The zero-order valence-corrected chi connectivity index (χ0v) is 33.1. The van der Waals surface area contributed by atoms with Gasteiger partial charge in [0.05, 0.1) is 11.0 Å². The van der Waals surface area contributed by atoms with Crippen molar-refractivity contribution < 1.29 is 0 Å². The lowest BCUT2D eigenvalue weighted by atomic mass is 9.93. The molecule has 0 amide bonds. The van der Waals surface area contributed by atoms with E-state index in [1.807, 2.05) is 42.5 Å². The molecule has 0 aliphatic carbocycles. The van der Waals surface area contributed by atoms with Gasteiger partial charge in [0, 0.05) is 33.2 Å². The SMILES string of the molecule is C=Cc1ccc2c3ccc(-n4c5ccc(-c6cccc7ccccc67)cc5c5c(-c6nc(-c7ccccc7)nc(-c7ccccc7)n6)cccc54)cc3c3ccccc3c2c1. The molecule has 2 heterocycles. The fourth-order valence-electron chi connectivity index (χ4n) is 9.34. The molecule has 284 valence electrons. The maximum Gasteiger partial charge on any atom is 0.164 e. The maximum absolute atomic E-state index is 5.24. The average molecular weight is 777 g/mol. The Morgan fingerprint density at radius 1 is 0.361 bits per heavy atom. The highest BCUT2D eigenvalue weighted by Gasteiger charge is 2.21. The van der Waals surface area contributed by atoms with E-state index in [2.05, 4.69) is 175 Å². The van der Waals surface area contributed by atoms with E-state index >= 15 is 0 Å². The number of aromatic nitrogens is 4. The Morgan fingerprint density at radius 2 is 0.934 bits per heavy atom. The van der Waals surface area contributed by atoms with Gasteiger partial charge in [-0.15, -0.1) is 0 Å². The molecule has 12 aromatic rings. The monoisotopic (exact) mass is 776 g/mol. The molecule has 2 aromatic heterocycles. The van der Waals surface area contributed by atoms with Crippen molar-refractivity contribution in [1.82, 2.24) is 19.5 Å².